The highest BCUT2D eigenvalue weighted by molar-refractivity contribution is 5.02. The average molecular weight is 140 g/mol. The highest BCUT2D eigenvalue weighted by Crippen LogP contribution is 2.24. The molecule has 0 rings (SSSR count). The summed E-state index contributed by atoms with van der Waals surface area (Å²) in [6.07, 6.45) is 0.733. The van der Waals surface area contributed by atoms with Gasteiger partial charge < -0.3 is 5.73 Å². The Morgan fingerprint density at radius 2 is 1.70 bits per heavy atom. The van der Waals surface area contributed by atoms with Crippen molar-refractivity contribution >= 4 is 0 Å². The van der Waals surface area contributed by atoms with Gasteiger partial charge in [0.05, 0.1) is 6.07 Å². The molecule has 2 heteroatoms. The quantitative estimate of drug-likeness (QED) is 0.602. The normalized spacial score (nSPS) is 17.6. The lowest BCUT2D eigenvalue weighted by Crippen LogP contribution is -2.38. The van der Waals surface area contributed by atoms with Gasteiger partial charge in [-0.05, 0) is 18.8 Å². The third-order valence-corrected chi connectivity index (χ3v) is 1.15. The van der Waals surface area contributed by atoms with Crippen LogP contribution in [0.4, 0.5) is 0 Å². The van der Waals surface area contributed by atoms with Gasteiger partial charge in [-0.2, -0.15) is 5.26 Å². The van der Waals surface area contributed by atoms with Crippen LogP contribution in [-0.4, -0.2) is 5.54 Å². The van der Waals surface area contributed by atoms with Crippen molar-refractivity contribution in [2.24, 2.45) is 11.1 Å². The SMILES string of the molecule is CC(C)(C)CC(C)(N)C#N. The minimum absolute atomic E-state index is 0.138. The molecule has 0 spiro atoms. The first kappa shape index (κ1) is 9.45. The van der Waals surface area contributed by atoms with Crippen molar-refractivity contribution in [3.8, 4) is 6.07 Å². The Balaban J connectivity index is 4.05. The Morgan fingerprint density at radius 3 is 1.80 bits per heavy atom. The monoisotopic (exact) mass is 140 g/mol. The van der Waals surface area contributed by atoms with Crippen molar-refractivity contribution < 1.29 is 0 Å². The third-order valence-electron chi connectivity index (χ3n) is 1.15. The molecule has 2 nitrogen and oxygen atoms in total. The van der Waals surface area contributed by atoms with E-state index >= 15 is 0 Å². The zero-order valence-corrected chi connectivity index (χ0v) is 7.23. The highest BCUT2D eigenvalue weighted by atomic mass is 14.7. The standard InChI is InChI=1S/C8H16N2/c1-7(2,3)5-8(4,10)6-9/h5,10H2,1-4H3. The van der Waals surface area contributed by atoms with Crippen molar-refractivity contribution in [2.75, 3.05) is 0 Å². The molecule has 0 aliphatic rings. The van der Waals surface area contributed by atoms with Crippen molar-refractivity contribution in [1.29, 1.82) is 5.26 Å². The van der Waals surface area contributed by atoms with E-state index in [2.05, 4.69) is 26.8 Å². The molecule has 1 atom stereocenters. The van der Waals surface area contributed by atoms with Crippen LogP contribution >= 0.6 is 0 Å². The van der Waals surface area contributed by atoms with Crippen LogP contribution in [0.5, 0.6) is 0 Å². The Hall–Kier alpha value is -0.550. The molecule has 0 fully saturated rings. The summed E-state index contributed by atoms with van der Waals surface area (Å²) < 4.78 is 0. The van der Waals surface area contributed by atoms with Crippen molar-refractivity contribution in [3.63, 3.8) is 0 Å². The van der Waals surface area contributed by atoms with E-state index < -0.39 is 5.54 Å². The summed E-state index contributed by atoms with van der Waals surface area (Å²) in [6.45, 7) is 8.00. The van der Waals surface area contributed by atoms with E-state index in [-0.39, 0.29) is 5.41 Å². The maximum atomic E-state index is 8.58. The smallest absolute Gasteiger partial charge is 0.101 e. The Labute approximate surface area is 63.0 Å². The fourth-order valence-electron chi connectivity index (χ4n) is 1.14. The molecule has 10 heavy (non-hydrogen) atoms. The number of nitriles is 1. The molecule has 0 bridgehead atoms. The second-order valence-corrected chi connectivity index (χ2v) is 4.27. The zero-order valence-electron chi connectivity index (χ0n) is 7.23. The van der Waals surface area contributed by atoms with Crippen LogP contribution in [0, 0.1) is 16.7 Å². The molecule has 58 valence electrons. The van der Waals surface area contributed by atoms with Crippen LogP contribution in [0.2, 0.25) is 0 Å². The number of hydrogen-bond acceptors (Lipinski definition) is 2. The van der Waals surface area contributed by atoms with Gasteiger partial charge in [-0.15, -0.1) is 0 Å². The molecule has 0 aliphatic carbocycles. The summed E-state index contributed by atoms with van der Waals surface area (Å²) in [7, 11) is 0. The van der Waals surface area contributed by atoms with Crippen LogP contribution in [0.15, 0.2) is 0 Å². The van der Waals surface area contributed by atoms with Gasteiger partial charge in [0.25, 0.3) is 0 Å². The molecule has 0 saturated carbocycles. The van der Waals surface area contributed by atoms with Gasteiger partial charge in [0.1, 0.15) is 5.54 Å². The Kier molecular flexibility index (Phi) is 2.45. The first-order valence-electron chi connectivity index (χ1n) is 3.47. The van der Waals surface area contributed by atoms with E-state index in [1.54, 1.807) is 6.92 Å². The molecule has 0 aromatic rings. The van der Waals surface area contributed by atoms with E-state index in [1.165, 1.54) is 0 Å². The first-order chi connectivity index (χ1) is 4.27. The van der Waals surface area contributed by atoms with Crippen LogP contribution in [0.25, 0.3) is 0 Å². The maximum absolute atomic E-state index is 8.58. The van der Waals surface area contributed by atoms with Gasteiger partial charge in [-0.25, -0.2) is 0 Å². The van der Waals surface area contributed by atoms with Crippen molar-refractivity contribution in [3.05, 3.63) is 0 Å². The predicted octanol–water partition coefficient (Wildman–Crippen LogP) is 1.66. The highest BCUT2D eigenvalue weighted by Gasteiger charge is 2.25. The van der Waals surface area contributed by atoms with Crippen LogP contribution in [-0.2, 0) is 0 Å². The fourth-order valence-corrected chi connectivity index (χ4v) is 1.14. The third kappa shape index (κ3) is 4.34. The minimum Gasteiger partial charge on any atom is -0.314 e. The Bertz CT molecular complexity index is 146. The van der Waals surface area contributed by atoms with Gasteiger partial charge in [-0.3, -0.25) is 0 Å². The van der Waals surface area contributed by atoms with E-state index in [0.29, 0.717) is 0 Å². The predicted molar refractivity (Wildman–Crippen MR) is 42.3 cm³/mol. The van der Waals surface area contributed by atoms with Crippen molar-refractivity contribution in [2.45, 2.75) is 39.7 Å². The summed E-state index contributed by atoms with van der Waals surface area (Å²) in [6, 6.07) is 2.08. The lowest BCUT2D eigenvalue weighted by atomic mass is 9.82. The molecule has 0 aliphatic heterocycles. The number of rotatable bonds is 1. The average Bonchev–Trinajstić information content (AvgIpc) is 1.60. The number of hydrogen-bond donors (Lipinski definition) is 1. The number of nitrogens with zero attached hydrogens (tertiary/aromatic N) is 1. The molecule has 0 saturated heterocycles. The lowest BCUT2D eigenvalue weighted by molar-refractivity contribution is 0.312. The molecular weight excluding hydrogens is 124 g/mol. The van der Waals surface area contributed by atoms with E-state index in [0.717, 1.165) is 6.42 Å². The van der Waals surface area contributed by atoms with Gasteiger partial charge in [0.2, 0.25) is 0 Å². The van der Waals surface area contributed by atoms with E-state index in [1.807, 2.05) is 0 Å². The largest absolute Gasteiger partial charge is 0.314 e. The van der Waals surface area contributed by atoms with Crippen LogP contribution in [0.3, 0.4) is 0 Å². The topological polar surface area (TPSA) is 49.8 Å². The second kappa shape index (κ2) is 2.59. The molecular formula is C8H16N2. The number of nitrogens with two attached hydrogens (primary N) is 1. The molecule has 1 unspecified atom stereocenters. The van der Waals surface area contributed by atoms with Crippen LogP contribution in [0.1, 0.15) is 34.1 Å². The molecule has 2 N–H and O–H groups in total. The van der Waals surface area contributed by atoms with E-state index in [9.17, 15) is 0 Å². The van der Waals surface area contributed by atoms with Gasteiger partial charge in [0.15, 0.2) is 0 Å². The van der Waals surface area contributed by atoms with Gasteiger partial charge in [0, 0.05) is 0 Å². The summed E-state index contributed by atoms with van der Waals surface area (Å²) in [5.74, 6) is 0. The minimum atomic E-state index is -0.668. The zero-order chi connectivity index (χ0) is 8.41. The van der Waals surface area contributed by atoms with E-state index in [4.69, 9.17) is 11.0 Å². The molecule has 0 heterocycles. The molecule has 0 aromatic heterocycles. The van der Waals surface area contributed by atoms with Gasteiger partial charge >= 0.3 is 0 Å². The molecule has 0 aromatic carbocycles. The Morgan fingerprint density at radius 1 is 1.30 bits per heavy atom. The maximum Gasteiger partial charge on any atom is 0.101 e. The summed E-state index contributed by atoms with van der Waals surface area (Å²) in [5, 5.41) is 8.58. The first-order valence-corrected chi connectivity index (χ1v) is 3.47. The van der Waals surface area contributed by atoms with Crippen molar-refractivity contribution in [1.82, 2.24) is 0 Å². The second-order valence-electron chi connectivity index (χ2n) is 4.27. The summed E-state index contributed by atoms with van der Waals surface area (Å²) in [4.78, 5) is 0. The molecule has 0 radical (unpaired) electrons. The summed E-state index contributed by atoms with van der Waals surface area (Å²) in [5.41, 5.74) is 5.11. The van der Waals surface area contributed by atoms with Gasteiger partial charge in [-0.1, -0.05) is 20.8 Å². The lowest BCUT2D eigenvalue weighted by Gasteiger charge is -2.25. The molecule has 0 amide bonds. The van der Waals surface area contributed by atoms with Crippen LogP contribution < -0.4 is 5.73 Å². The fraction of sp³-hybridized carbons (Fsp3) is 0.875. The summed E-state index contributed by atoms with van der Waals surface area (Å²) >= 11 is 0.